The van der Waals surface area contributed by atoms with Crippen LogP contribution >= 0.6 is 22.6 Å². The van der Waals surface area contributed by atoms with Crippen LogP contribution in [0.5, 0.6) is 0 Å². The van der Waals surface area contributed by atoms with Crippen molar-refractivity contribution in [2.45, 2.75) is 77.2 Å². The second-order valence-corrected chi connectivity index (χ2v) is 7.25. The summed E-state index contributed by atoms with van der Waals surface area (Å²) in [4.78, 5) is 0. The van der Waals surface area contributed by atoms with Gasteiger partial charge in [0.05, 0.1) is 5.60 Å². The van der Waals surface area contributed by atoms with Crippen LogP contribution in [0.3, 0.4) is 0 Å². The number of unbranched alkanes of at least 4 members (excludes halogenated alkanes) is 7. The third-order valence-electron chi connectivity index (χ3n) is 3.98. The van der Waals surface area contributed by atoms with Gasteiger partial charge in [0.1, 0.15) is 0 Å². The molecule has 0 bridgehead atoms. The fourth-order valence-electron chi connectivity index (χ4n) is 2.56. The molecule has 0 saturated carbocycles. The molecule has 0 aliphatic rings. The van der Waals surface area contributed by atoms with E-state index < -0.39 is 5.60 Å². The van der Waals surface area contributed by atoms with Crippen molar-refractivity contribution < 1.29 is 5.11 Å². The van der Waals surface area contributed by atoms with Gasteiger partial charge >= 0.3 is 0 Å². The van der Waals surface area contributed by atoms with E-state index in [1.165, 1.54) is 48.5 Å². The van der Waals surface area contributed by atoms with E-state index in [1.54, 1.807) is 0 Å². The zero-order valence-corrected chi connectivity index (χ0v) is 15.2. The Bertz CT molecular complexity index is 356. The molecule has 1 aromatic carbocycles. The van der Waals surface area contributed by atoms with Crippen LogP contribution in [-0.4, -0.2) is 5.11 Å². The number of benzene rings is 1. The van der Waals surface area contributed by atoms with Gasteiger partial charge < -0.3 is 5.11 Å². The number of hydrogen-bond donors (Lipinski definition) is 1. The molecule has 0 saturated heterocycles. The van der Waals surface area contributed by atoms with E-state index in [2.05, 4.69) is 41.6 Å². The summed E-state index contributed by atoms with van der Waals surface area (Å²) in [6.45, 7) is 4.20. The monoisotopic (exact) mass is 388 g/mol. The molecule has 1 nitrogen and oxygen atoms in total. The topological polar surface area (TPSA) is 20.2 Å². The predicted octanol–water partition coefficient (Wildman–Crippen LogP) is 6.03. The summed E-state index contributed by atoms with van der Waals surface area (Å²) in [5.74, 6) is 0. The number of rotatable bonds is 10. The fraction of sp³-hybridized carbons (Fsp3) is 0.667. The molecule has 1 N–H and O–H groups in total. The molecular weight excluding hydrogens is 359 g/mol. The van der Waals surface area contributed by atoms with Crippen LogP contribution in [-0.2, 0) is 5.60 Å². The van der Waals surface area contributed by atoms with Gasteiger partial charge in [0, 0.05) is 3.57 Å². The Kier molecular flexibility index (Phi) is 8.78. The zero-order valence-electron chi connectivity index (χ0n) is 13.0. The number of aliphatic hydroxyl groups is 1. The molecular formula is C18H29IO. The SMILES string of the molecule is CCCCCCCCCCC(C)(O)c1ccc(I)cc1. The first kappa shape index (κ1) is 18.0. The summed E-state index contributed by atoms with van der Waals surface area (Å²) >= 11 is 2.30. The van der Waals surface area contributed by atoms with E-state index in [0.717, 1.165) is 18.4 Å². The maximum absolute atomic E-state index is 10.5. The van der Waals surface area contributed by atoms with Crippen molar-refractivity contribution in [1.82, 2.24) is 0 Å². The van der Waals surface area contributed by atoms with Crippen molar-refractivity contribution >= 4 is 22.6 Å². The molecule has 0 radical (unpaired) electrons. The van der Waals surface area contributed by atoms with Gasteiger partial charge in [-0.1, -0.05) is 70.4 Å². The largest absolute Gasteiger partial charge is 0.385 e. The molecule has 1 atom stereocenters. The average Bonchev–Trinajstić information content (AvgIpc) is 2.42. The summed E-state index contributed by atoms with van der Waals surface area (Å²) in [6.07, 6.45) is 11.3. The highest BCUT2D eigenvalue weighted by Crippen LogP contribution is 2.27. The van der Waals surface area contributed by atoms with Crippen molar-refractivity contribution in [2.24, 2.45) is 0 Å². The maximum atomic E-state index is 10.5. The highest BCUT2D eigenvalue weighted by molar-refractivity contribution is 14.1. The summed E-state index contributed by atoms with van der Waals surface area (Å²) in [6, 6.07) is 8.23. The molecule has 114 valence electrons. The molecule has 1 unspecified atom stereocenters. The van der Waals surface area contributed by atoms with Gasteiger partial charge in [0.15, 0.2) is 0 Å². The van der Waals surface area contributed by atoms with Gasteiger partial charge in [-0.05, 0) is 53.6 Å². The lowest BCUT2D eigenvalue weighted by atomic mass is 9.90. The average molecular weight is 388 g/mol. The molecule has 0 aromatic heterocycles. The zero-order chi connectivity index (χ0) is 14.8. The predicted molar refractivity (Wildman–Crippen MR) is 96.0 cm³/mol. The highest BCUT2D eigenvalue weighted by Gasteiger charge is 2.21. The Hall–Kier alpha value is -0.0900. The summed E-state index contributed by atoms with van der Waals surface area (Å²) in [5.41, 5.74) is 0.368. The van der Waals surface area contributed by atoms with Gasteiger partial charge in [-0.3, -0.25) is 0 Å². The molecule has 0 amide bonds. The first-order valence-electron chi connectivity index (χ1n) is 8.04. The Morgan fingerprint density at radius 3 is 1.95 bits per heavy atom. The Morgan fingerprint density at radius 2 is 1.40 bits per heavy atom. The smallest absolute Gasteiger partial charge is 0.0868 e. The highest BCUT2D eigenvalue weighted by atomic mass is 127. The van der Waals surface area contributed by atoms with Gasteiger partial charge in [0.25, 0.3) is 0 Å². The Morgan fingerprint density at radius 1 is 0.900 bits per heavy atom. The molecule has 0 spiro atoms. The number of halogens is 1. The van der Waals surface area contributed by atoms with Crippen molar-refractivity contribution in [2.75, 3.05) is 0 Å². The van der Waals surface area contributed by atoms with Crippen molar-refractivity contribution in [3.63, 3.8) is 0 Å². The van der Waals surface area contributed by atoms with Crippen molar-refractivity contribution in [1.29, 1.82) is 0 Å². The lowest BCUT2D eigenvalue weighted by Gasteiger charge is -2.24. The minimum absolute atomic E-state index is 0.674. The van der Waals surface area contributed by atoms with E-state index in [0.29, 0.717) is 0 Å². The third kappa shape index (κ3) is 7.07. The Labute approximate surface area is 138 Å². The minimum Gasteiger partial charge on any atom is -0.385 e. The second kappa shape index (κ2) is 9.78. The minimum atomic E-state index is -0.674. The summed E-state index contributed by atoms with van der Waals surface area (Å²) in [5, 5.41) is 10.5. The van der Waals surface area contributed by atoms with E-state index >= 15 is 0 Å². The van der Waals surface area contributed by atoms with Crippen LogP contribution in [0.4, 0.5) is 0 Å². The summed E-state index contributed by atoms with van der Waals surface area (Å²) in [7, 11) is 0. The fourth-order valence-corrected chi connectivity index (χ4v) is 2.92. The van der Waals surface area contributed by atoms with Gasteiger partial charge in [-0.15, -0.1) is 0 Å². The molecule has 1 rings (SSSR count). The van der Waals surface area contributed by atoms with Crippen molar-refractivity contribution in [3.05, 3.63) is 33.4 Å². The molecule has 2 heteroatoms. The van der Waals surface area contributed by atoms with Gasteiger partial charge in [-0.2, -0.15) is 0 Å². The van der Waals surface area contributed by atoms with E-state index in [1.807, 2.05) is 19.1 Å². The van der Waals surface area contributed by atoms with E-state index in [-0.39, 0.29) is 0 Å². The molecule has 0 aliphatic carbocycles. The van der Waals surface area contributed by atoms with E-state index in [9.17, 15) is 5.11 Å². The Balaban J connectivity index is 2.18. The van der Waals surface area contributed by atoms with Gasteiger partial charge in [0.2, 0.25) is 0 Å². The molecule has 0 heterocycles. The first-order chi connectivity index (χ1) is 9.56. The van der Waals surface area contributed by atoms with Crippen LogP contribution in [0.25, 0.3) is 0 Å². The molecule has 0 fully saturated rings. The van der Waals surface area contributed by atoms with Gasteiger partial charge in [-0.25, -0.2) is 0 Å². The number of hydrogen-bond acceptors (Lipinski definition) is 1. The van der Waals surface area contributed by atoms with Crippen LogP contribution in [0.15, 0.2) is 24.3 Å². The van der Waals surface area contributed by atoms with E-state index in [4.69, 9.17) is 0 Å². The maximum Gasteiger partial charge on any atom is 0.0868 e. The first-order valence-corrected chi connectivity index (χ1v) is 9.12. The van der Waals surface area contributed by atoms with Crippen LogP contribution in [0.1, 0.15) is 77.2 Å². The van der Waals surface area contributed by atoms with Crippen LogP contribution in [0, 0.1) is 3.57 Å². The van der Waals surface area contributed by atoms with Crippen LogP contribution < -0.4 is 0 Å². The molecule has 20 heavy (non-hydrogen) atoms. The van der Waals surface area contributed by atoms with Crippen molar-refractivity contribution in [3.8, 4) is 0 Å². The normalized spacial score (nSPS) is 14.2. The van der Waals surface area contributed by atoms with Crippen LogP contribution in [0.2, 0.25) is 0 Å². The lowest BCUT2D eigenvalue weighted by Crippen LogP contribution is -2.20. The lowest BCUT2D eigenvalue weighted by molar-refractivity contribution is 0.0448. The standard InChI is InChI=1S/C18H29IO/c1-3-4-5-6-7-8-9-10-15-18(2,20)16-11-13-17(19)14-12-16/h11-14,20H,3-10,15H2,1-2H3. The molecule has 0 aliphatic heterocycles. The quantitative estimate of drug-likeness (QED) is 0.383. The summed E-state index contributed by atoms with van der Waals surface area (Å²) < 4.78 is 1.22. The molecule has 1 aromatic rings. The third-order valence-corrected chi connectivity index (χ3v) is 4.70. The second-order valence-electron chi connectivity index (χ2n) is 6.01.